The number of halogens is 1. The van der Waals surface area contributed by atoms with Crippen LogP contribution in [-0.4, -0.2) is 40.7 Å². The molecule has 0 saturated heterocycles. The Morgan fingerprint density at radius 2 is 1.50 bits per heavy atom. The van der Waals surface area contributed by atoms with Gasteiger partial charge in [-0.25, -0.2) is 0 Å². The molecule has 2 aliphatic carbocycles. The smallest absolute Gasteiger partial charge is 0.305 e. The standard InChI is InChI=1S/C36H42BrNO6/c1-7-43-29-15-23(14-24(37)34(29)44-20-22-10-8-21(2)9-11-22)31-32-25(16-35(3,4)18-27(32)39)38(13-12-30(41)42)26-17-36(5,6)19-28(40)33(26)31/h8-11,14-15,31H,7,12-13,16-20H2,1-6H3,(H,41,42). The fourth-order valence-corrected chi connectivity index (χ4v) is 7.43. The third kappa shape index (κ3) is 6.51. The minimum Gasteiger partial charge on any atom is -0.490 e. The summed E-state index contributed by atoms with van der Waals surface area (Å²) in [6, 6.07) is 12.0. The van der Waals surface area contributed by atoms with Crippen molar-refractivity contribution in [2.24, 2.45) is 10.8 Å². The van der Waals surface area contributed by atoms with E-state index in [1.807, 2.05) is 55.1 Å². The highest BCUT2D eigenvalue weighted by molar-refractivity contribution is 9.10. The SMILES string of the molecule is CCOc1cc(C2C3=C(CC(C)(C)CC3=O)N(CCC(=O)O)C3=C2C(=O)CC(C)(C)C3)cc(Br)c1OCc1ccc(C)cc1. The van der Waals surface area contributed by atoms with Gasteiger partial charge in [0.15, 0.2) is 23.1 Å². The van der Waals surface area contributed by atoms with Crippen LogP contribution in [-0.2, 0) is 21.0 Å². The molecule has 234 valence electrons. The van der Waals surface area contributed by atoms with Gasteiger partial charge in [-0.2, -0.15) is 0 Å². The van der Waals surface area contributed by atoms with Gasteiger partial charge in [0.05, 0.1) is 17.5 Å². The van der Waals surface area contributed by atoms with Gasteiger partial charge < -0.3 is 19.5 Å². The molecule has 0 amide bonds. The number of hydrogen-bond acceptors (Lipinski definition) is 6. The average molecular weight is 665 g/mol. The molecule has 0 saturated carbocycles. The number of carboxylic acids is 1. The van der Waals surface area contributed by atoms with E-state index < -0.39 is 11.9 Å². The molecule has 0 radical (unpaired) electrons. The summed E-state index contributed by atoms with van der Waals surface area (Å²) in [5, 5.41) is 9.62. The normalized spacial score (nSPS) is 19.6. The molecule has 0 atom stereocenters. The van der Waals surface area contributed by atoms with Gasteiger partial charge in [0.2, 0.25) is 0 Å². The Morgan fingerprint density at radius 3 is 2.02 bits per heavy atom. The van der Waals surface area contributed by atoms with Crippen LogP contribution in [0.25, 0.3) is 0 Å². The van der Waals surface area contributed by atoms with Gasteiger partial charge in [0.25, 0.3) is 0 Å². The van der Waals surface area contributed by atoms with E-state index in [0.29, 0.717) is 66.0 Å². The number of ketones is 2. The highest BCUT2D eigenvalue weighted by atomic mass is 79.9. The second-order valence-electron chi connectivity index (χ2n) is 13.9. The molecule has 2 aromatic carbocycles. The first-order chi connectivity index (χ1) is 20.7. The van der Waals surface area contributed by atoms with E-state index in [9.17, 15) is 19.5 Å². The summed E-state index contributed by atoms with van der Waals surface area (Å²) in [6.45, 7) is 13.2. The lowest BCUT2D eigenvalue weighted by atomic mass is 9.63. The monoisotopic (exact) mass is 663 g/mol. The maximum atomic E-state index is 14.1. The second kappa shape index (κ2) is 12.2. The number of carboxylic acid groups (broad SMARTS) is 1. The van der Waals surface area contributed by atoms with Crippen LogP contribution in [0.1, 0.15) is 89.3 Å². The zero-order chi connectivity index (χ0) is 32.0. The van der Waals surface area contributed by atoms with Gasteiger partial charge in [-0.3, -0.25) is 14.4 Å². The number of carbonyl (C=O) groups is 3. The molecule has 0 bridgehead atoms. The van der Waals surface area contributed by atoms with Crippen LogP contribution in [0, 0.1) is 17.8 Å². The van der Waals surface area contributed by atoms with Crippen molar-refractivity contribution in [1.29, 1.82) is 0 Å². The quantitative estimate of drug-likeness (QED) is 0.291. The van der Waals surface area contributed by atoms with Crippen LogP contribution < -0.4 is 9.47 Å². The number of aryl methyl sites for hydroxylation is 1. The van der Waals surface area contributed by atoms with Gasteiger partial charge in [-0.15, -0.1) is 0 Å². The number of nitrogens with zero attached hydrogens (tertiary/aromatic N) is 1. The van der Waals surface area contributed by atoms with E-state index in [0.717, 1.165) is 22.5 Å². The first-order valence-corrected chi connectivity index (χ1v) is 16.2. The van der Waals surface area contributed by atoms with Crippen molar-refractivity contribution in [3.05, 3.63) is 80.1 Å². The molecule has 0 spiro atoms. The first kappa shape index (κ1) is 32.0. The molecule has 1 aliphatic heterocycles. The van der Waals surface area contributed by atoms with Crippen molar-refractivity contribution in [3.63, 3.8) is 0 Å². The zero-order valence-electron chi connectivity index (χ0n) is 26.5. The molecule has 2 aromatic rings. The van der Waals surface area contributed by atoms with Crippen molar-refractivity contribution in [2.75, 3.05) is 13.2 Å². The van der Waals surface area contributed by atoms with E-state index in [4.69, 9.17) is 9.47 Å². The lowest BCUT2D eigenvalue weighted by Gasteiger charge is -2.49. The van der Waals surface area contributed by atoms with Crippen molar-refractivity contribution in [2.45, 2.75) is 86.2 Å². The highest BCUT2D eigenvalue weighted by Crippen LogP contribution is 2.55. The second-order valence-corrected chi connectivity index (χ2v) is 14.7. The Labute approximate surface area is 268 Å². The zero-order valence-corrected chi connectivity index (χ0v) is 28.1. The maximum absolute atomic E-state index is 14.1. The van der Waals surface area contributed by atoms with E-state index in [2.05, 4.69) is 43.6 Å². The molecule has 0 fully saturated rings. The minimum atomic E-state index is -0.911. The molecule has 8 heteroatoms. The number of aliphatic carboxylic acids is 1. The van der Waals surface area contributed by atoms with E-state index in [-0.39, 0.29) is 35.4 Å². The van der Waals surface area contributed by atoms with Crippen LogP contribution in [0.5, 0.6) is 11.5 Å². The molecule has 5 rings (SSSR count). The Kier molecular flexibility index (Phi) is 8.87. The number of Topliss-reactive ketones (excluding diaryl/α,β-unsaturated/α-hetero) is 2. The molecule has 7 nitrogen and oxygen atoms in total. The molecule has 0 unspecified atom stereocenters. The number of carbonyl (C=O) groups excluding carboxylic acids is 2. The fraction of sp³-hybridized carbons (Fsp3) is 0.472. The summed E-state index contributed by atoms with van der Waals surface area (Å²) < 4.78 is 13.1. The van der Waals surface area contributed by atoms with Crippen LogP contribution in [0.4, 0.5) is 0 Å². The van der Waals surface area contributed by atoms with Gasteiger partial charge in [-0.1, -0.05) is 57.5 Å². The molecule has 1 N–H and O–H groups in total. The number of allylic oxidation sites excluding steroid dienone is 4. The van der Waals surface area contributed by atoms with Crippen LogP contribution >= 0.6 is 15.9 Å². The molecular weight excluding hydrogens is 622 g/mol. The molecular formula is C36H42BrNO6. The van der Waals surface area contributed by atoms with Crippen LogP contribution in [0.2, 0.25) is 0 Å². The third-order valence-electron chi connectivity index (χ3n) is 8.74. The maximum Gasteiger partial charge on any atom is 0.305 e. The lowest BCUT2D eigenvalue weighted by molar-refractivity contribution is -0.137. The van der Waals surface area contributed by atoms with Crippen molar-refractivity contribution < 1.29 is 29.0 Å². The number of benzene rings is 2. The number of ether oxygens (including phenoxy) is 2. The van der Waals surface area contributed by atoms with Gasteiger partial charge in [-0.05, 0) is 76.7 Å². The summed E-state index contributed by atoms with van der Waals surface area (Å²) in [5.41, 5.74) is 5.28. The minimum absolute atomic E-state index is 0.000427. The number of rotatable bonds is 9. The van der Waals surface area contributed by atoms with Crippen molar-refractivity contribution >= 4 is 33.5 Å². The van der Waals surface area contributed by atoms with Gasteiger partial charge in [0.1, 0.15) is 6.61 Å². The number of hydrogen-bond donors (Lipinski definition) is 1. The molecule has 44 heavy (non-hydrogen) atoms. The van der Waals surface area contributed by atoms with E-state index in [1.165, 1.54) is 5.56 Å². The summed E-state index contributed by atoms with van der Waals surface area (Å²) in [7, 11) is 0. The molecule has 1 heterocycles. The third-order valence-corrected chi connectivity index (χ3v) is 9.33. The predicted molar refractivity (Wildman–Crippen MR) is 173 cm³/mol. The van der Waals surface area contributed by atoms with Crippen LogP contribution in [0.15, 0.2) is 63.4 Å². The Bertz CT molecular complexity index is 1510. The summed E-state index contributed by atoms with van der Waals surface area (Å²) >= 11 is 3.73. The molecule has 3 aliphatic rings. The highest BCUT2D eigenvalue weighted by Gasteiger charge is 2.49. The van der Waals surface area contributed by atoms with Crippen LogP contribution in [0.3, 0.4) is 0 Å². The topological polar surface area (TPSA) is 93.1 Å². The van der Waals surface area contributed by atoms with E-state index in [1.54, 1.807) is 0 Å². The Balaban J connectivity index is 1.67. The summed E-state index contributed by atoms with van der Waals surface area (Å²) in [6.07, 6.45) is 1.86. The fourth-order valence-electron chi connectivity index (χ4n) is 6.86. The van der Waals surface area contributed by atoms with E-state index >= 15 is 0 Å². The summed E-state index contributed by atoms with van der Waals surface area (Å²) in [5.74, 6) is -0.390. The molecule has 0 aromatic heterocycles. The van der Waals surface area contributed by atoms with Gasteiger partial charge >= 0.3 is 5.97 Å². The largest absolute Gasteiger partial charge is 0.490 e. The summed E-state index contributed by atoms with van der Waals surface area (Å²) in [4.78, 5) is 41.9. The van der Waals surface area contributed by atoms with Gasteiger partial charge in [0, 0.05) is 47.8 Å². The first-order valence-electron chi connectivity index (χ1n) is 15.4. The van der Waals surface area contributed by atoms with Crippen molar-refractivity contribution in [3.8, 4) is 11.5 Å². The average Bonchev–Trinajstić information content (AvgIpc) is 2.90. The Hall–Kier alpha value is -3.39. The predicted octanol–water partition coefficient (Wildman–Crippen LogP) is 7.90. The van der Waals surface area contributed by atoms with Crippen molar-refractivity contribution in [1.82, 2.24) is 4.90 Å². The Morgan fingerprint density at radius 1 is 0.932 bits per heavy atom. The lowest BCUT2D eigenvalue weighted by Crippen LogP contribution is -2.45.